The average Bonchev–Trinajstić information content (AvgIpc) is 2.68. The molecule has 1 aliphatic heterocycles. The zero-order valence-corrected chi connectivity index (χ0v) is 12.7. The van der Waals surface area contributed by atoms with Gasteiger partial charge in [0.1, 0.15) is 10.9 Å². The molecule has 0 aromatic heterocycles. The van der Waals surface area contributed by atoms with Gasteiger partial charge in [-0.25, -0.2) is 4.99 Å². The first-order chi connectivity index (χ1) is 8.63. The summed E-state index contributed by atoms with van der Waals surface area (Å²) in [5.74, 6) is 0.503. The second kappa shape index (κ2) is 7.96. The maximum absolute atomic E-state index is 11.3. The first-order valence-electron chi connectivity index (χ1n) is 6.67. The number of carbonyl (C=O) groups is 1. The van der Waals surface area contributed by atoms with Crippen LogP contribution in [0, 0.1) is 5.92 Å². The Morgan fingerprint density at radius 3 is 2.61 bits per heavy atom. The quantitative estimate of drug-likeness (QED) is 0.471. The number of hydrogen-bond donors (Lipinski definition) is 0. The van der Waals surface area contributed by atoms with Crippen molar-refractivity contribution in [2.45, 2.75) is 52.4 Å². The molecule has 18 heavy (non-hydrogen) atoms. The first kappa shape index (κ1) is 15.7. The van der Waals surface area contributed by atoms with Gasteiger partial charge in [-0.15, -0.1) is 11.6 Å². The second-order valence-electron chi connectivity index (χ2n) is 4.66. The van der Waals surface area contributed by atoms with E-state index in [2.05, 4.69) is 18.8 Å². The summed E-state index contributed by atoms with van der Waals surface area (Å²) in [6.45, 7) is 4.32. The normalized spacial score (nSPS) is 19.3. The summed E-state index contributed by atoms with van der Waals surface area (Å²) < 4.78 is 0. The summed E-state index contributed by atoms with van der Waals surface area (Å²) in [6, 6.07) is 0. The van der Waals surface area contributed by atoms with E-state index in [1.807, 2.05) is 0 Å². The van der Waals surface area contributed by atoms with Crippen molar-refractivity contribution >= 4 is 34.7 Å². The van der Waals surface area contributed by atoms with Gasteiger partial charge in [0.05, 0.1) is 5.88 Å². The fourth-order valence-corrected chi connectivity index (χ4v) is 2.78. The van der Waals surface area contributed by atoms with Crippen LogP contribution in [0.15, 0.2) is 15.7 Å². The van der Waals surface area contributed by atoms with E-state index in [0.717, 1.165) is 31.3 Å². The van der Waals surface area contributed by atoms with Gasteiger partial charge in [-0.2, -0.15) is 0 Å². The molecule has 2 nitrogen and oxygen atoms in total. The van der Waals surface area contributed by atoms with E-state index < -0.39 is 0 Å². The van der Waals surface area contributed by atoms with Crippen LogP contribution in [0.25, 0.3) is 0 Å². The molecule has 102 valence electrons. The van der Waals surface area contributed by atoms with Crippen molar-refractivity contribution < 1.29 is 4.79 Å². The fraction of sp³-hybridized carbons (Fsp3) is 0.714. The number of alkyl halides is 1. The van der Waals surface area contributed by atoms with Gasteiger partial charge in [0, 0.05) is 18.1 Å². The standard InChI is InChI=1S/C14H21Cl2NO/c1-3-5-6-13-11(4-2)12(14(16)17-13)8-7-10(18)9-15/h11H,3-9H2,1-2H3. The molecule has 0 aromatic rings. The summed E-state index contributed by atoms with van der Waals surface area (Å²) in [4.78, 5) is 15.8. The molecule has 0 spiro atoms. The predicted molar refractivity (Wildman–Crippen MR) is 78.6 cm³/mol. The zero-order valence-electron chi connectivity index (χ0n) is 11.1. The van der Waals surface area contributed by atoms with Crippen LogP contribution in [0.1, 0.15) is 52.4 Å². The van der Waals surface area contributed by atoms with Gasteiger partial charge in [-0.1, -0.05) is 31.9 Å². The summed E-state index contributed by atoms with van der Waals surface area (Å²) in [5.41, 5.74) is 2.32. The molecule has 0 saturated carbocycles. The van der Waals surface area contributed by atoms with Gasteiger partial charge in [0.2, 0.25) is 0 Å². The molecule has 0 fully saturated rings. The number of ketones is 1. The first-order valence-corrected chi connectivity index (χ1v) is 7.58. The van der Waals surface area contributed by atoms with Crippen LogP contribution in [-0.2, 0) is 4.79 Å². The highest BCUT2D eigenvalue weighted by atomic mass is 35.5. The van der Waals surface area contributed by atoms with Gasteiger partial charge in [-0.05, 0) is 31.3 Å². The second-order valence-corrected chi connectivity index (χ2v) is 5.28. The topological polar surface area (TPSA) is 29.4 Å². The van der Waals surface area contributed by atoms with Gasteiger partial charge < -0.3 is 0 Å². The molecule has 1 heterocycles. The third kappa shape index (κ3) is 4.10. The Bertz CT molecular complexity index is 361. The lowest BCUT2D eigenvalue weighted by molar-refractivity contribution is -0.116. The largest absolute Gasteiger partial charge is 0.298 e. The Kier molecular flexibility index (Phi) is 6.95. The van der Waals surface area contributed by atoms with Crippen LogP contribution in [0.5, 0.6) is 0 Å². The highest BCUT2D eigenvalue weighted by molar-refractivity contribution is 6.31. The minimum atomic E-state index is 0.0745. The monoisotopic (exact) mass is 289 g/mol. The van der Waals surface area contributed by atoms with E-state index in [1.54, 1.807) is 0 Å². The van der Waals surface area contributed by atoms with Crippen molar-refractivity contribution in [3.05, 3.63) is 10.7 Å². The SMILES string of the molecule is CCCCC1=NC(Cl)=C(CCC(=O)CCl)C1CC. The van der Waals surface area contributed by atoms with Crippen molar-refractivity contribution in [1.29, 1.82) is 0 Å². The molecule has 0 aliphatic carbocycles. The van der Waals surface area contributed by atoms with E-state index >= 15 is 0 Å². The van der Waals surface area contributed by atoms with E-state index in [1.165, 1.54) is 5.71 Å². The van der Waals surface area contributed by atoms with Crippen molar-refractivity contribution in [3.8, 4) is 0 Å². The molecule has 1 atom stereocenters. The van der Waals surface area contributed by atoms with Crippen molar-refractivity contribution in [3.63, 3.8) is 0 Å². The number of aliphatic imine (C=N–C) groups is 1. The van der Waals surface area contributed by atoms with Crippen LogP contribution in [-0.4, -0.2) is 17.4 Å². The lowest BCUT2D eigenvalue weighted by Crippen LogP contribution is -2.13. The van der Waals surface area contributed by atoms with E-state index in [-0.39, 0.29) is 11.7 Å². The number of unbranched alkanes of at least 4 members (excludes halogenated alkanes) is 1. The molecule has 0 radical (unpaired) electrons. The Labute approximate surface area is 119 Å². The molecule has 0 amide bonds. The van der Waals surface area contributed by atoms with Crippen molar-refractivity contribution in [1.82, 2.24) is 0 Å². The Hall–Kier alpha value is -0.340. The molecule has 0 aromatic carbocycles. The molecule has 0 N–H and O–H groups in total. The number of carbonyl (C=O) groups excluding carboxylic acids is 1. The number of Topliss-reactive ketones (excluding diaryl/α,β-unsaturated/α-hetero) is 1. The lowest BCUT2D eigenvalue weighted by atomic mass is 9.88. The molecule has 1 rings (SSSR count). The van der Waals surface area contributed by atoms with Crippen LogP contribution in [0.2, 0.25) is 0 Å². The maximum Gasteiger partial charge on any atom is 0.147 e. The molecular formula is C14H21Cl2NO. The molecule has 0 saturated heterocycles. The van der Waals surface area contributed by atoms with Gasteiger partial charge in [0.15, 0.2) is 0 Å². The highest BCUT2D eigenvalue weighted by Crippen LogP contribution is 2.35. The Morgan fingerprint density at radius 2 is 2.06 bits per heavy atom. The Balaban J connectivity index is 2.63. The van der Waals surface area contributed by atoms with Crippen molar-refractivity contribution in [2.24, 2.45) is 10.9 Å². The lowest BCUT2D eigenvalue weighted by Gasteiger charge is -2.15. The van der Waals surface area contributed by atoms with Crippen LogP contribution < -0.4 is 0 Å². The number of rotatable bonds is 8. The van der Waals surface area contributed by atoms with E-state index in [0.29, 0.717) is 23.9 Å². The van der Waals surface area contributed by atoms with E-state index in [9.17, 15) is 4.79 Å². The average molecular weight is 290 g/mol. The maximum atomic E-state index is 11.3. The van der Waals surface area contributed by atoms with Gasteiger partial charge in [-0.3, -0.25) is 4.79 Å². The van der Waals surface area contributed by atoms with Gasteiger partial charge >= 0.3 is 0 Å². The summed E-state index contributed by atoms with van der Waals surface area (Å²) >= 11 is 11.7. The van der Waals surface area contributed by atoms with Crippen LogP contribution in [0.4, 0.5) is 0 Å². The number of allylic oxidation sites excluding steroid dienone is 1. The minimum absolute atomic E-state index is 0.0745. The van der Waals surface area contributed by atoms with Crippen molar-refractivity contribution in [2.75, 3.05) is 5.88 Å². The number of nitrogens with zero attached hydrogens (tertiary/aromatic N) is 1. The zero-order chi connectivity index (χ0) is 13.5. The van der Waals surface area contributed by atoms with Crippen LogP contribution >= 0.6 is 23.2 Å². The van der Waals surface area contributed by atoms with Gasteiger partial charge in [0.25, 0.3) is 0 Å². The van der Waals surface area contributed by atoms with Crippen LogP contribution in [0.3, 0.4) is 0 Å². The smallest absolute Gasteiger partial charge is 0.147 e. The summed E-state index contributed by atoms with van der Waals surface area (Å²) in [6.07, 6.45) is 5.49. The molecule has 1 aliphatic rings. The number of halogens is 2. The minimum Gasteiger partial charge on any atom is -0.298 e. The summed E-state index contributed by atoms with van der Waals surface area (Å²) in [7, 11) is 0. The molecule has 0 bridgehead atoms. The molecule has 4 heteroatoms. The fourth-order valence-electron chi connectivity index (χ4n) is 2.31. The predicted octanol–water partition coefficient (Wildman–Crippen LogP) is 4.70. The third-order valence-electron chi connectivity index (χ3n) is 3.35. The van der Waals surface area contributed by atoms with E-state index in [4.69, 9.17) is 23.2 Å². The molecule has 1 unspecified atom stereocenters. The number of hydrogen-bond acceptors (Lipinski definition) is 2. The Morgan fingerprint density at radius 1 is 1.33 bits per heavy atom. The highest BCUT2D eigenvalue weighted by Gasteiger charge is 2.27. The molecular weight excluding hydrogens is 269 g/mol. The summed E-state index contributed by atoms with van der Waals surface area (Å²) in [5, 5.41) is 0.607. The third-order valence-corrected chi connectivity index (χ3v) is 3.97.